The van der Waals surface area contributed by atoms with Gasteiger partial charge in [0.1, 0.15) is 5.82 Å². The van der Waals surface area contributed by atoms with Crippen molar-refractivity contribution in [1.82, 2.24) is 10.6 Å². The van der Waals surface area contributed by atoms with Crippen molar-refractivity contribution in [1.29, 1.82) is 0 Å². The second-order valence-electron chi connectivity index (χ2n) is 7.18. The van der Waals surface area contributed by atoms with Crippen LogP contribution < -0.4 is 10.6 Å². The van der Waals surface area contributed by atoms with Crippen molar-refractivity contribution < 1.29 is 13.9 Å². The van der Waals surface area contributed by atoms with E-state index in [1.807, 2.05) is 6.07 Å². The van der Waals surface area contributed by atoms with Gasteiger partial charge in [-0.25, -0.2) is 4.39 Å². The predicted octanol–water partition coefficient (Wildman–Crippen LogP) is 2.61. The topological polar surface area (TPSA) is 54.9 Å². The van der Waals surface area contributed by atoms with E-state index in [0.717, 1.165) is 76.5 Å². The van der Waals surface area contributed by atoms with Crippen LogP contribution in [0.25, 0.3) is 0 Å². The summed E-state index contributed by atoms with van der Waals surface area (Å²) in [5.41, 5.74) is 1.12. The van der Waals surface area contributed by atoms with Crippen LogP contribution in [0.15, 0.2) is 29.3 Å². The predicted molar refractivity (Wildman–Crippen MR) is 101 cm³/mol. The lowest BCUT2D eigenvalue weighted by Crippen LogP contribution is -2.41. The molecule has 1 aromatic rings. The van der Waals surface area contributed by atoms with Crippen LogP contribution in [-0.2, 0) is 14.9 Å². The van der Waals surface area contributed by atoms with Gasteiger partial charge in [0.25, 0.3) is 0 Å². The fraction of sp³-hybridized carbons (Fsp3) is 0.650. The van der Waals surface area contributed by atoms with Crippen molar-refractivity contribution in [3.05, 3.63) is 35.6 Å². The molecule has 0 spiro atoms. The number of guanidine groups is 1. The quantitative estimate of drug-likeness (QED) is 0.424. The smallest absolute Gasteiger partial charge is 0.191 e. The fourth-order valence-electron chi connectivity index (χ4n) is 3.38. The molecule has 6 heteroatoms. The van der Waals surface area contributed by atoms with E-state index in [2.05, 4.69) is 15.6 Å². The fourth-order valence-corrected chi connectivity index (χ4v) is 3.38. The van der Waals surface area contributed by atoms with Crippen LogP contribution in [0.5, 0.6) is 0 Å². The number of nitrogens with one attached hydrogen (secondary N) is 2. The first-order chi connectivity index (χ1) is 12.7. The van der Waals surface area contributed by atoms with Crippen LogP contribution in [-0.4, -0.2) is 52.0 Å². The number of aliphatic imine (C=N–C) groups is 1. The number of halogens is 1. The minimum Gasteiger partial charge on any atom is -0.381 e. The highest BCUT2D eigenvalue weighted by molar-refractivity contribution is 5.79. The highest BCUT2D eigenvalue weighted by Crippen LogP contribution is 2.47. The van der Waals surface area contributed by atoms with Gasteiger partial charge in [-0.2, -0.15) is 0 Å². The normalized spacial score (nSPS) is 20.0. The highest BCUT2D eigenvalue weighted by Gasteiger charge is 2.44. The second-order valence-corrected chi connectivity index (χ2v) is 7.18. The molecule has 1 aliphatic heterocycles. The van der Waals surface area contributed by atoms with Gasteiger partial charge in [0.2, 0.25) is 0 Å². The molecule has 0 amide bonds. The Balaban J connectivity index is 1.34. The Hall–Kier alpha value is -1.66. The van der Waals surface area contributed by atoms with Crippen molar-refractivity contribution in [3.63, 3.8) is 0 Å². The Bertz CT molecular complexity index is 598. The standard InChI is InChI=1S/C20H30FN3O2/c1-22-19(23-10-3-11-26-18-6-12-25-13-7-18)24-15-20(8-9-20)16-4-2-5-17(21)14-16/h2,4-5,14,18H,3,6-13,15H2,1H3,(H2,22,23,24). The lowest BCUT2D eigenvalue weighted by atomic mass is 9.96. The summed E-state index contributed by atoms with van der Waals surface area (Å²) < 4.78 is 24.7. The van der Waals surface area contributed by atoms with Crippen molar-refractivity contribution in [3.8, 4) is 0 Å². The van der Waals surface area contributed by atoms with E-state index >= 15 is 0 Å². The van der Waals surface area contributed by atoms with Gasteiger partial charge >= 0.3 is 0 Å². The van der Waals surface area contributed by atoms with E-state index in [4.69, 9.17) is 9.47 Å². The Morgan fingerprint density at radius 1 is 1.31 bits per heavy atom. The summed E-state index contributed by atoms with van der Waals surface area (Å²) in [6.07, 6.45) is 5.45. The van der Waals surface area contributed by atoms with E-state index in [1.165, 1.54) is 6.07 Å². The zero-order valence-electron chi connectivity index (χ0n) is 15.6. The monoisotopic (exact) mass is 363 g/mol. The molecule has 0 bridgehead atoms. The Kier molecular flexibility index (Phi) is 6.86. The molecule has 0 unspecified atom stereocenters. The van der Waals surface area contributed by atoms with Crippen molar-refractivity contribution in [2.75, 3.05) is 40.0 Å². The van der Waals surface area contributed by atoms with Crippen LogP contribution in [0.1, 0.15) is 37.7 Å². The van der Waals surface area contributed by atoms with E-state index in [9.17, 15) is 4.39 Å². The lowest BCUT2D eigenvalue weighted by molar-refractivity contribution is -0.0320. The molecule has 2 fully saturated rings. The highest BCUT2D eigenvalue weighted by atomic mass is 19.1. The molecular weight excluding hydrogens is 333 g/mol. The maximum atomic E-state index is 13.5. The largest absolute Gasteiger partial charge is 0.381 e. The number of rotatable bonds is 8. The number of hydrogen-bond acceptors (Lipinski definition) is 3. The molecule has 3 rings (SSSR count). The Labute approximate surface area is 155 Å². The minimum atomic E-state index is -0.166. The molecule has 0 atom stereocenters. The average molecular weight is 363 g/mol. The first-order valence-corrected chi connectivity index (χ1v) is 9.62. The van der Waals surface area contributed by atoms with Crippen molar-refractivity contribution in [2.45, 2.75) is 43.6 Å². The van der Waals surface area contributed by atoms with E-state index in [0.29, 0.717) is 6.10 Å². The summed E-state index contributed by atoms with van der Waals surface area (Å²) >= 11 is 0. The Morgan fingerprint density at radius 2 is 2.12 bits per heavy atom. The van der Waals surface area contributed by atoms with Gasteiger partial charge in [0, 0.05) is 45.4 Å². The summed E-state index contributed by atoms with van der Waals surface area (Å²) in [4.78, 5) is 4.28. The van der Waals surface area contributed by atoms with Gasteiger partial charge in [-0.15, -0.1) is 0 Å². The molecular formula is C20H30FN3O2. The molecule has 2 N–H and O–H groups in total. The molecule has 1 saturated carbocycles. The molecule has 1 saturated heterocycles. The molecule has 26 heavy (non-hydrogen) atoms. The van der Waals surface area contributed by atoms with Crippen LogP contribution in [0, 0.1) is 5.82 Å². The van der Waals surface area contributed by atoms with Gasteiger partial charge in [-0.3, -0.25) is 4.99 Å². The van der Waals surface area contributed by atoms with Crippen LogP contribution in [0.3, 0.4) is 0 Å². The SMILES string of the molecule is CN=C(NCCCOC1CCOCC1)NCC1(c2cccc(F)c2)CC1. The molecule has 1 aliphatic carbocycles. The average Bonchev–Trinajstić information content (AvgIpc) is 3.46. The van der Waals surface area contributed by atoms with Crippen LogP contribution in [0.2, 0.25) is 0 Å². The van der Waals surface area contributed by atoms with Crippen LogP contribution in [0.4, 0.5) is 4.39 Å². The summed E-state index contributed by atoms with van der Waals surface area (Å²) in [5.74, 6) is 0.625. The van der Waals surface area contributed by atoms with Gasteiger partial charge in [0.05, 0.1) is 6.10 Å². The van der Waals surface area contributed by atoms with Crippen molar-refractivity contribution >= 4 is 5.96 Å². The third-order valence-corrected chi connectivity index (χ3v) is 5.24. The second kappa shape index (κ2) is 9.33. The first kappa shape index (κ1) is 19.1. The van der Waals surface area contributed by atoms with Gasteiger partial charge in [0.15, 0.2) is 5.96 Å². The number of nitrogens with zero attached hydrogens (tertiary/aromatic N) is 1. The Morgan fingerprint density at radius 3 is 2.81 bits per heavy atom. The third kappa shape index (κ3) is 5.42. The van der Waals surface area contributed by atoms with E-state index < -0.39 is 0 Å². The molecule has 144 valence electrons. The van der Waals surface area contributed by atoms with Gasteiger partial charge in [-0.05, 0) is 49.8 Å². The zero-order valence-corrected chi connectivity index (χ0v) is 15.6. The summed E-state index contributed by atoms with van der Waals surface area (Å²) in [5, 5.41) is 6.72. The molecule has 1 aromatic carbocycles. The van der Waals surface area contributed by atoms with Gasteiger partial charge in [-0.1, -0.05) is 12.1 Å². The molecule has 5 nitrogen and oxygen atoms in total. The lowest BCUT2D eigenvalue weighted by Gasteiger charge is -2.22. The van der Waals surface area contributed by atoms with Gasteiger partial charge < -0.3 is 20.1 Å². The number of benzene rings is 1. The van der Waals surface area contributed by atoms with Crippen molar-refractivity contribution in [2.24, 2.45) is 4.99 Å². The van der Waals surface area contributed by atoms with E-state index in [-0.39, 0.29) is 11.2 Å². The summed E-state index contributed by atoms with van der Waals surface area (Å²) in [6, 6.07) is 6.95. The van der Waals surface area contributed by atoms with Crippen LogP contribution >= 0.6 is 0 Å². The third-order valence-electron chi connectivity index (χ3n) is 5.24. The molecule has 1 heterocycles. The molecule has 2 aliphatic rings. The summed E-state index contributed by atoms with van der Waals surface area (Å²) in [6.45, 7) is 3.96. The minimum absolute atomic E-state index is 0.0475. The molecule has 0 aromatic heterocycles. The van der Waals surface area contributed by atoms with E-state index in [1.54, 1.807) is 19.2 Å². The first-order valence-electron chi connectivity index (χ1n) is 9.62. The maximum Gasteiger partial charge on any atom is 0.191 e. The maximum absolute atomic E-state index is 13.5. The zero-order chi connectivity index (χ0) is 18.2. The molecule has 0 radical (unpaired) electrons. The summed E-state index contributed by atoms with van der Waals surface area (Å²) in [7, 11) is 1.77. The number of ether oxygens (including phenoxy) is 2. The number of hydrogen-bond donors (Lipinski definition) is 2.